The summed E-state index contributed by atoms with van der Waals surface area (Å²) in [5, 5.41) is 3.91. The molecule has 1 aromatic heterocycles. The van der Waals surface area contributed by atoms with Gasteiger partial charge in [0.05, 0.1) is 6.61 Å². The Kier molecular flexibility index (Phi) is 3.86. The molecule has 1 aliphatic rings. The number of thiocarbonyl (C=S) groups is 1. The average Bonchev–Trinajstić information content (AvgIpc) is 2.81. The van der Waals surface area contributed by atoms with Crippen molar-refractivity contribution in [3.8, 4) is 0 Å². The Morgan fingerprint density at radius 3 is 2.84 bits per heavy atom. The lowest BCUT2D eigenvalue weighted by Crippen LogP contribution is -2.29. The van der Waals surface area contributed by atoms with E-state index >= 15 is 0 Å². The van der Waals surface area contributed by atoms with E-state index in [1.807, 2.05) is 6.92 Å². The van der Waals surface area contributed by atoms with E-state index in [1.54, 1.807) is 19.9 Å². The molecule has 0 spiro atoms. The molecule has 5 nitrogen and oxygen atoms in total. The third kappa shape index (κ3) is 2.48. The summed E-state index contributed by atoms with van der Waals surface area (Å²) in [4.78, 5) is 25.7. The fraction of sp³-hybridized carbons (Fsp3) is 0.417. The normalized spacial score (nSPS) is 18.7. The molecule has 102 valence electrons. The number of hydrogen-bond donors (Lipinski definition) is 1. The van der Waals surface area contributed by atoms with Gasteiger partial charge in [-0.05, 0) is 44.6 Å². The minimum atomic E-state index is -0.366. The second kappa shape index (κ2) is 5.26. The van der Waals surface area contributed by atoms with Crippen LogP contribution in [0.1, 0.15) is 29.1 Å². The van der Waals surface area contributed by atoms with E-state index < -0.39 is 0 Å². The molecular formula is C12H14N2O3S2. The van der Waals surface area contributed by atoms with E-state index in [4.69, 9.17) is 17.0 Å². The van der Waals surface area contributed by atoms with Crippen molar-refractivity contribution < 1.29 is 14.3 Å². The zero-order valence-corrected chi connectivity index (χ0v) is 12.5. The van der Waals surface area contributed by atoms with Gasteiger partial charge in [0.25, 0.3) is 5.91 Å². The van der Waals surface area contributed by atoms with Gasteiger partial charge < -0.3 is 10.1 Å². The first kappa shape index (κ1) is 14.0. The van der Waals surface area contributed by atoms with Crippen molar-refractivity contribution in [1.29, 1.82) is 0 Å². The zero-order valence-electron chi connectivity index (χ0n) is 10.9. The molecule has 1 amide bonds. The molecule has 1 aromatic rings. The van der Waals surface area contributed by atoms with E-state index in [9.17, 15) is 9.59 Å². The molecule has 0 aliphatic carbocycles. The number of thiophene rings is 1. The maximum Gasteiger partial charge on any atom is 0.348 e. The van der Waals surface area contributed by atoms with Crippen LogP contribution in [0.2, 0.25) is 0 Å². The summed E-state index contributed by atoms with van der Waals surface area (Å²) in [5.41, 5.74) is 0.786. The Labute approximate surface area is 120 Å². The molecular weight excluding hydrogens is 284 g/mol. The van der Waals surface area contributed by atoms with E-state index in [1.165, 1.54) is 16.2 Å². The van der Waals surface area contributed by atoms with Crippen LogP contribution in [0.15, 0.2) is 6.07 Å². The molecule has 0 bridgehead atoms. The highest BCUT2D eigenvalue weighted by Gasteiger charge is 2.35. The molecule has 2 rings (SSSR count). The number of esters is 1. The number of nitrogens with zero attached hydrogens (tertiary/aromatic N) is 1. The van der Waals surface area contributed by atoms with Crippen LogP contribution in [0.25, 0.3) is 0 Å². The number of nitrogens with one attached hydrogen (secondary N) is 1. The van der Waals surface area contributed by atoms with Crippen LogP contribution in [0, 0.1) is 6.92 Å². The number of aryl methyl sites for hydroxylation is 1. The Bertz CT molecular complexity index is 553. The summed E-state index contributed by atoms with van der Waals surface area (Å²) in [7, 11) is 0. The smallest absolute Gasteiger partial charge is 0.348 e. The first-order chi connectivity index (χ1) is 8.95. The molecule has 1 atom stereocenters. The molecule has 19 heavy (non-hydrogen) atoms. The SMILES string of the molecule is CCOC(=O)c1sc(N2C(=O)C(C)NC2=S)cc1C. The molecule has 1 aliphatic heterocycles. The number of anilines is 1. The predicted molar refractivity (Wildman–Crippen MR) is 77.7 cm³/mol. The summed E-state index contributed by atoms with van der Waals surface area (Å²) in [6.45, 7) is 5.64. The van der Waals surface area contributed by atoms with Crippen LogP contribution in [0.3, 0.4) is 0 Å². The second-order valence-electron chi connectivity index (χ2n) is 4.16. The molecule has 0 radical (unpaired) electrons. The molecule has 1 saturated heterocycles. The number of amides is 1. The standard InChI is InChI=1S/C12H14N2O3S2/c1-4-17-11(16)9-6(2)5-8(19-9)14-10(15)7(3)13-12(14)18/h5,7H,4H2,1-3H3,(H,13,18). The maximum absolute atomic E-state index is 12.0. The lowest BCUT2D eigenvalue weighted by Gasteiger charge is -2.11. The van der Waals surface area contributed by atoms with Gasteiger partial charge in [-0.2, -0.15) is 0 Å². The molecule has 2 heterocycles. The molecule has 1 fully saturated rings. The largest absolute Gasteiger partial charge is 0.462 e. The second-order valence-corrected chi connectivity index (χ2v) is 5.58. The summed E-state index contributed by atoms with van der Waals surface area (Å²) >= 11 is 6.35. The maximum atomic E-state index is 12.0. The van der Waals surface area contributed by atoms with Crippen molar-refractivity contribution in [3.63, 3.8) is 0 Å². The number of ether oxygens (including phenoxy) is 1. The van der Waals surface area contributed by atoms with Gasteiger partial charge in [0.1, 0.15) is 15.9 Å². The zero-order chi connectivity index (χ0) is 14.2. The molecule has 0 aromatic carbocycles. The fourth-order valence-electron chi connectivity index (χ4n) is 1.79. The number of rotatable bonds is 3. The number of carbonyl (C=O) groups excluding carboxylic acids is 2. The third-order valence-corrected chi connectivity index (χ3v) is 4.22. The molecule has 0 saturated carbocycles. The minimum Gasteiger partial charge on any atom is -0.462 e. The van der Waals surface area contributed by atoms with Crippen LogP contribution in [-0.4, -0.2) is 29.6 Å². The van der Waals surface area contributed by atoms with Crippen molar-refractivity contribution in [2.75, 3.05) is 11.5 Å². The number of carbonyl (C=O) groups is 2. The quantitative estimate of drug-likeness (QED) is 0.681. The minimum absolute atomic E-state index is 0.110. The van der Waals surface area contributed by atoms with Crippen molar-refractivity contribution in [2.45, 2.75) is 26.8 Å². The van der Waals surface area contributed by atoms with E-state index in [0.29, 0.717) is 21.6 Å². The topological polar surface area (TPSA) is 58.6 Å². The Morgan fingerprint density at radius 1 is 1.63 bits per heavy atom. The molecule has 1 N–H and O–H groups in total. The van der Waals surface area contributed by atoms with Gasteiger partial charge in [-0.15, -0.1) is 11.3 Å². The van der Waals surface area contributed by atoms with Gasteiger partial charge in [-0.3, -0.25) is 4.79 Å². The van der Waals surface area contributed by atoms with Crippen molar-refractivity contribution in [2.24, 2.45) is 0 Å². The lowest BCUT2D eigenvalue weighted by atomic mass is 10.3. The molecule has 7 heteroatoms. The van der Waals surface area contributed by atoms with E-state index in [2.05, 4.69) is 5.32 Å². The monoisotopic (exact) mass is 298 g/mol. The summed E-state index contributed by atoms with van der Waals surface area (Å²) in [5.74, 6) is -0.475. The Morgan fingerprint density at radius 2 is 2.32 bits per heavy atom. The van der Waals surface area contributed by atoms with Crippen LogP contribution in [0.4, 0.5) is 5.00 Å². The summed E-state index contributed by atoms with van der Waals surface area (Å²) in [6, 6.07) is 1.45. The highest BCUT2D eigenvalue weighted by molar-refractivity contribution is 7.80. The summed E-state index contributed by atoms with van der Waals surface area (Å²) in [6.07, 6.45) is 0. The van der Waals surface area contributed by atoms with E-state index in [0.717, 1.165) is 5.56 Å². The first-order valence-electron chi connectivity index (χ1n) is 5.87. The van der Waals surface area contributed by atoms with Gasteiger partial charge in [0.2, 0.25) is 0 Å². The van der Waals surface area contributed by atoms with Crippen molar-refractivity contribution in [1.82, 2.24) is 5.32 Å². The Balaban J connectivity index is 2.32. The van der Waals surface area contributed by atoms with Gasteiger partial charge >= 0.3 is 5.97 Å². The summed E-state index contributed by atoms with van der Waals surface area (Å²) < 4.78 is 4.98. The molecule has 1 unspecified atom stereocenters. The van der Waals surface area contributed by atoms with Gasteiger partial charge in [0.15, 0.2) is 5.11 Å². The lowest BCUT2D eigenvalue weighted by molar-refractivity contribution is -0.117. The van der Waals surface area contributed by atoms with Crippen molar-refractivity contribution >= 4 is 45.5 Å². The van der Waals surface area contributed by atoms with Gasteiger partial charge in [-0.1, -0.05) is 0 Å². The van der Waals surface area contributed by atoms with Gasteiger partial charge in [-0.25, -0.2) is 9.69 Å². The van der Waals surface area contributed by atoms with Gasteiger partial charge in [0, 0.05) is 0 Å². The first-order valence-corrected chi connectivity index (χ1v) is 7.10. The predicted octanol–water partition coefficient (Wildman–Crippen LogP) is 1.84. The van der Waals surface area contributed by atoms with Crippen LogP contribution in [0.5, 0.6) is 0 Å². The highest BCUT2D eigenvalue weighted by Crippen LogP contribution is 2.32. The van der Waals surface area contributed by atoms with E-state index in [-0.39, 0.29) is 17.9 Å². The average molecular weight is 298 g/mol. The van der Waals surface area contributed by atoms with Crippen LogP contribution >= 0.6 is 23.6 Å². The van der Waals surface area contributed by atoms with Crippen LogP contribution in [-0.2, 0) is 9.53 Å². The van der Waals surface area contributed by atoms with Crippen molar-refractivity contribution in [3.05, 3.63) is 16.5 Å². The Hall–Kier alpha value is -1.47. The fourth-order valence-corrected chi connectivity index (χ4v) is 3.29. The van der Waals surface area contributed by atoms with Crippen LogP contribution < -0.4 is 10.2 Å². The third-order valence-electron chi connectivity index (χ3n) is 2.72. The number of hydrogen-bond acceptors (Lipinski definition) is 5. The highest BCUT2D eigenvalue weighted by atomic mass is 32.1.